The minimum atomic E-state index is 0.171. The summed E-state index contributed by atoms with van der Waals surface area (Å²) >= 11 is 0. The summed E-state index contributed by atoms with van der Waals surface area (Å²) in [6.07, 6.45) is 10.4. The maximum Gasteiger partial charge on any atom is 0.0993 e. The van der Waals surface area contributed by atoms with Crippen LogP contribution in [0.4, 0.5) is 0 Å². The largest absolute Gasteiger partial charge is 0.365 e. The molecule has 0 amide bonds. The van der Waals surface area contributed by atoms with E-state index in [2.05, 4.69) is 61.1 Å². The molecule has 0 aromatic heterocycles. The van der Waals surface area contributed by atoms with Crippen molar-refractivity contribution in [3.63, 3.8) is 0 Å². The fraction of sp³-hybridized carbons (Fsp3) is 1.00. The Labute approximate surface area is 211 Å². The maximum atomic E-state index is 6.31. The first-order valence-corrected chi connectivity index (χ1v) is 14.3. The first-order valence-electron chi connectivity index (χ1n) is 14.3. The summed E-state index contributed by atoms with van der Waals surface area (Å²) in [5.74, 6) is 0. The summed E-state index contributed by atoms with van der Waals surface area (Å²) in [6, 6.07) is 1.29. The molecule has 0 aliphatic carbocycles. The average molecular weight is 481 g/mol. The number of hydrogen-bond acceptors (Lipinski definition) is 6. The number of nitrogens with zero attached hydrogens (tertiary/aromatic N) is 4. The highest BCUT2D eigenvalue weighted by molar-refractivity contribution is 4.83. The van der Waals surface area contributed by atoms with E-state index >= 15 is 0 Å². The molecule has 3 aliphatic heterocycles. The van der Waals surface area contributed by atoms with E-state index in [1.807, 2.05) is 0 Å². The van der Waals surface area contributed by atoms with Crippen LogP contribution in [0.1, 0.15) is 92.9 Å². The SMILES string of the molecule is CC(C)(C)N1CCOCN2CCCCC2CCN(C(C)(C)C)CCOCN2CCCCC2CC1. The predicted molar refractivity (Wildman–Crippen MR) is 142 cm³/mol. The van der Waals surface area contributed by atoms with Gasteiger partial charge in [0.15, 0.2) is 0 Å². The molecule has 0 saturated carbocycles. The molecule has 3 fully saturated rings. The third-order valence-corrected chi connectivity index (χ3v) is 8.39. The van der Waals surface area contributed by atoms with Gasteiger partial charge in [-0.05, 0) is 80.1 Å². The highest BCUT2D eigenvalue weighted by atomic mass is 16.5. The minimum Gasteiger partial charge on any atom is -0.365 e. The lowest BCUT2D eigenvalue weighted by molar-refractivity contribution is -0.0437. The Hall–Kier alpha value is -0.240. The maximum absolute atomic E-state index is 6.31. The summed E-state index contributed by atoms with van der Waals surface area (Å²) in [4.78, 5) is 10.5. The Balaban J connectivity index is 1.67. The molecular formula is C28H56N4O2. The van der Waals surface area contributed by atoms with Gasteiger partial charge in [0.05, 0.1) is 26.7 Å². The molecule has 6 nitrogen and oxygen atoms in total. The topological polar surface area (TPSA) is 31.4 Å². The third-order valence-electron chi connectivity index (χ3n) is 8.39. The van der Waals surface area contributed by atoms with Gasteiger partial charge in [-0.2, -0.15) is 0 Å². The summed E-state index contributed by atoms with van der Waals surface area (Å²) < 4.78 is 12.6. The summed E-state index contributed by atoms with van der Waals surface area (Å²) in [6.45, 7) is 24.0. The monoisotopic (exact) mass is 480 g/mol. The molecule has 2 atom stereocenters. The molecule has 0 bridgehead atoms. The van der Waals surface area contributed by atoms with Crippen LogP contribution in [0.25, 0.3) is 0 Å². The first kappa shape index (κ1) is 28.3. The van der Waals surface area contributed by atoms with Crippen LogP contribution in [0.15, 0.2) is 0 Å². The molecule has 3 saturated heterocycles. The number of hydrogen-bond donors (Lipinski definition) is 0. The zero-order valence-corrected chi connectivity index (χ0v) is 23.5. The second-order valence-electron chi connectivity index (χ2n) is 12.9. The number of rotatable bonds is 0. The van der Waals surface area contributed by atoms with E-state index < -0.39 is 0 Å². The summed E-state index contributed by atoms with van der Waals surface area (Å²) in [7, 11) is 0. The molecule has 0 N–H and O–H groups in total. The van der Waals surface area contributed by atoms with Crippen molar-refractivity contribution in [2.24, 2.45) is 0 Å². The quantitative estimate of drug-likeness (QED) is 0.502. The third kappa shape index (κ3) is 9.01. The van der Waals surface area contributed by atoms with Crippen LogP contribution in [0.5, 0.6) is 0 Å². The lowest BCUT2D eigenvalue weighted by Crippen LogP contribution is -2.49. The smallest absolute Gasteiger partial charge is 0.0993 e. The van der Waals surface area contributed by atoms with Crippen LogP contribution >= 0.6 is 0 Å². The Bertz CT molecular complexity index is 524. The van der Waals surface area contributed by atoms with E-state index in [0.717, 1.165) is 52.9 Å². The van der Waals surface area contributed by atoms with Crippen molar-refractivity contribution in [2.45, 2.75) is 116 Å². The van der Waals surface area contributed by atoms with Gasteiger partial charge in [0, 0.05) is 62.4 Å². The van der Waals surface area contributed by atoms with Crippen LogP contribution in [-0.2, 0) is 9.47 Å². The molecule has 0 aromatic rings. The van der Waals surface area contributed by atoms with Gasteiger partial charge in [-0.3, -0.25) is 19.6 Å². The fourth-order valence-corrected chi connectivity index (χ4v) is 6.00. The van der Waals surface area contributed by atoms with Gasteiger partial charge in [0.25, 0.3) is 0 Å². The van der Waals surface area contributed by atoms with Crippen molar-refractivity contribution >= 4 is 0 Å². The van der Waals surface area contributed by atoms with Crippen molar-refractivity contribution in [2.75, 3.05) is 65.9 Å². The van der Waals surface area contributed by atoms with E-state index in [0.29, 0.717) is 12.1 Å². The van der Waals surface area contributed by atoms with Crippen LogP contribution in [0.3, 0.4) is 0 Å². The fourth-order valence-electron chi connectivity index (χ4n) is 6.00. The summed E-state index contributed by atoms with van der Waals surface area (Å²) in [5, 5.41) is 0. The van der Waals surface area contributed by atoms with E-state index in [4.69, 9.17) is 9.47 Å². The molecule has 0 aromatic carbocycles. The normalized spacial score (nSPS) is 30.2. The highest BCUT2D eigenvalue weighted by Gasteiger charge is 2.29. The van der Waals surface area contributed by atoms with Gasteiger partial charge >= 0.3 is 0 Å². The van der Waals surface area contributed by atoms with Crippen molar-refractivity contribution in [3.8, 4) is 0 Å². The molecular weight excluding hydrogens is 424 g/mol. The zero-order valence-electron chi connectivity index (χ0n) is 23.5. The van der Waals surface area contributed by atoms with Crippen molar-refractivity contribution in [1.29, 1.82) is 0 Å². The highest BCUT2D eigenvalue weighted by Crippen LogP contribution is 2.24. The second-order valence-corrected chi connectivity index (χ2v) is 12.9. The average Bonchev–Trinajstić information content (AvgIpc) is 2.77. The molecule has 3 heterocycles. The van der Waals surface area contributed by atoms with Crippen molar-refractivity contribution in [3.05, 3.63) is 0 Å². The minimum absolute atomic E-state index is 0.171. The molecule has 3 aliphatic rings. The molecule has 200 valence electrons. The summed E-state index contributed by atoms with van der Waals surface area (Å²) in [5.41, 5.74) is 0.342. The van der Waals surface area contributed by atoms with E-state index in [-0.39, 0.29) is 11.1 Å². The molecule has 3 rings (SSSR count). The molecule has 0 spiro atoms. The Morgan fingerprint density at radius 2 is 0.912 bits per heavy atom. The number of fused-ring (bicyclic) bond motifs is 2. The van der Waals surface area contributed by atoms with Gasteiger partial charge in [-0.25, -0.2) is 0 Å². The van der Waals surface area contributed by atoms with E-state index in [1.165, 1.54) is 64.5 Å². The van der Waals surface area contributed by atoms with Crippen molar-refractivity contribution in [1.82, 2.24) is 19.6 Å². The Kier molecular flexibility index (Phi) is 11.1. The molecule has 34 heavy (non-hydrogen) atoms. The molecule has 6 heteroatoms. The Morgan fingerprint density at radius 1 is 0.500 bits per heavy atom. The lowest BCUT2D eigenvalue weighted by atomic mass is 9.98. The van der Waals surface area contributed by atoms with E-state index in [1.54, 1.807) is 0 Å². The predicted octanol–water partition coefficient (Wildman–Crippen LogP) is 4.64. The van der Waals surface area contributed by atoms with Gasteiger partial charge in [0.2, 0.25) is 0 Å². The zero-order chi connectivity index (χ0) is 24.6. The molecule has 2 unspecified atom stereocenters. The van der Waals surface area contributed by atoms with Gasteiger partial charge in [-0.1, -0.05) is 12.8 Å². The van der Waals surface area contributed by atoms with Crippen LogP contribution < -0.4 is 0 Å². The first-order chi connectivity index (χ1) is 16.1. The number of ether oxygens (including phenoxy) is 2. The van der Waals surface area contributed by atoms with Crippen LogP contribution in [-0.4, -0.2) is 109 Å². The van der Waals surface area contributed by atoms with Crippen LogP contribution in [0.2, 0.25) is 0 Å². The lowest BCUT2D eigenvalue weighted by Gasteiger charge is -2.41. The van der Waals surface area contributed by atoms with E-state index in [9.17, 15) is 0 Å². The van der Waals surface area contributed by atoms with Gasteiger partial charge in [0.1, 0.15) is 0 Å². The number of piperidine rings is 2. The standard InChI is InChI=1S/C28H56N4O2/c1-27(2,3)31-17-13-25-11-7-9-15-29(25)24-34-22-20-32(28(4,5)6)18-14-26-12-8-10-16-30(26)23-33-21-19-31/h25-26H,7-24H2,1-6H3. The van der Waals surface area contributed by atoms with Gasteiger partial charge < -0.3 is 9.47 Å². The second kappa shape index (κ2) is 13.3. The Morgan fingerprint density at radius 3 is 1.29 bits per heavy atom. The van der Waals surface area contributed by atoms with Crippen LogP contribution in [0, 0.1) is 0 Å². The van der Waals surface area contributed by atoms with Crippen molar-refractivity contribution < 1.29 is 9.47 Å². The molecule has 0 radical (unpaired) electrons. The van der Waals surface area contributed by atoms with Gasteiger partial charge in [-0.15, -0.1) is 0 Å².